The fourth-order valence-corrected chi connectivity index (χ4v) is 5.98. The van der Waals surface area contributed by atoms with E-state index in [4.69, 9.17) is 20.2 Å². The molecule has 3 aliphatic rings. The van der Waals surface area contributed by atoms with Crippen molar-refractivity contribution in [1.29, 1.82) is 0 Å². The number of amides is 1. The van der Waals surface area contributed by atoms with E-state index in [-0.39, 0.29) is 23.9 Å². The van der Waals surface area contributed by atoms with Gasteiger partial charge in [0.15, 0.2) is 5.96 Å². The van der Waals surface area contributed by atoms with Gasteiger partial charge in [-0.3, -0.25) is 15.0 Å². The third-order valence-electron chi connectivity index (χ3n) is 8.24. The highest BCUT2D eigenvalue weighted by Crippen LogP contribution is 2.49. The van der Waals surface area contributed by atoms with Gasteiger partial charge in [-0.25, -0.2) is 4.99 Å². The van der Waals surface area contributed by atoms with Crippen LogP contribution in [0.25, 0.3) is 0 Å². The van der Waals surface area contributed by atoms with Crippen LogP contribution >= 0.6 is 0 Å². The molecule has 4 N–H and O–H groups in total. The first kappa shape index (κ1) is 26.5. The Balaban J connectivity index is 1.45. The molecule has 0 radical (unpaired) electrons. The number of rotatable bonds is 7. The van der Waals surface area contributed by atoms with E-state index in [1.165, 1.54) is 18.1 Å². The number of hydrogen-bond donors (Lipinski definition) is 3. The van der Waals surface area contributed by atoms with Crippen molar-refractivity contribution in [2.75, 3.05) is 13.7 Å². The molecule has 2 aliphatic heterocycles. The van der Waals surface area contributed by atoms with Gasteiger partial charge in [-0.2, -0.15) is 8.78 Å². The molecule has 0 saturated heterocycles. The molecule has 0 spiro atoms. The number of aliphatic hydroxyl groups excluding tert-OH is 1. The molecule has 0 fully saturated rings. The van der Waals surface area contributed by atoms with Crippen molar-refractivity contribution in [2.45, 2.75) is 75.4 Å². The highest BCUT2D eigenvalue weighted by molar-refractivity contribution is 5.99. The predicted octanol–water partition coefficient (Wildman–Crippen LogP) is 4.06. The number of halogens is 2. The molecule has 0 aromatic heterocycles. The minimum Gasteiger partial charge on any atom is -0.493 e. The van der Waals surface area contributed by atoms with E-state index >= 15 is 8.78 Å². The number of ether oxygens (including phenoxy) is 2. The molecule has 10 heteroatoms. The SMILES string of the molecule is CCC1(CC)CC(=O)N([C@@H]2CCOc3ccc(C(O)N[C@@H]4c5ccccc5C(F)(F)[C@H]4OC)cc32)C(N)=N1. The van der Waals surface area contributed by atoms with Crippen molar-refractivity contribution in [3.8, 4) is 5.75 Å². The van der Waals surface area contributed by atoms with Gasteiger partial charge in [0.25, 0.3) is 0 Å². The maximum absolute atomic E-state index is 15.0. The lowest BCUT2D eigenvalue weighted by Gasteiger charge is -2.41. The Kier molecular flexibility index (Phi) is 6.91. The van der Waals surface area contributed by atoms with Crippen LogP contribution in [0.15, 0.2) is 47.5 Å². The molecule has 204 valence electrons. The van der Waals surface area contributed by atoms with Crippen LogP contribution < -0.4 is 15.8 Å². The number of guanidine groups is 1. The van der Waals surface area contributed by atoms with Gasteiger partial charge in [0.05, 0.1) is 30.7 Å². The van der Waals surface area contributed by atoms with Gasteiger partial charge in [-0.05, 0) is 36.1 Å². The van der Waals surface area contributed by atoms with Crippen LogP contribution in [0.4, 0.5) is 8.78 Å². The van der Waals surface area contributed by atoms with Gasteiger partial charge in [0.2, 0.25) is 5.91 Å². The number of methoxy groups -OCH3 is 1. The number of nitrogens with two attached hydrogens (primary N) is 1. The number of carbonyl (C=O) groups excluding carboxylic acids is 1. The second-order valence-electron chi connectivity index (χ2n) is 10.2. The smallest absolute Gasteiger partial charge is 0.300 e. The van der Waals surface area contributed by atoms with Crippen molar-refractivity contribution in [1.82, 2.24) is 10.2 Å². The third kappa shape index (κ3) is 4.24. The normalized spacial score (nSPS) is 26.3. The van der Waals surface area contributed by atoms with Crippen molar-refractivity contribution in [2.24, 2.45) is 10.7 Å². The van der Waals surface area contributed by atoms with E-state index in [2.05, 4.69) is 5.32 Å². The Bertz CT molecular complexity index is 1250. The number of fused-ring (bicyclic) bond motifs is 2. The lowest BCUT2D eigenvalue weighted by atomic mass is 9.87. The molecule has 2 heterocycles. The van der Waals surface area contributed by atoms with Gasteiger partial charge in [-0.1, -0.05) is 44.2 Å². The summed E-state index contributed by atoms with van der Waals surface area (Å²) in [6, 6.07) is 10.0. The second kappa shape index (κ2) is 9.91. The number of alkyl halides is 2. The van der Waals surface area contributed by atoms with Gasteiger partial charge < -0.3 is 20.3 Å². The quantitative estimate of drug-likeness (QED) is 0.468. The second-order valence-corrected chi connectivity index (χ2v) is 10.2. The number of nitrogens with one attached hydrogen (secondary N) is 1. The van der Waals surface area contributed by atoms with E-state index < -0.39 is 35.9 Å². The van der Waals surface area contributed by atoms with Crippen molar-refractivity contribution in [3.05, 3.63) is 64.7 Å². The van der Waals surface area contributed by atoms with Crippen LogP contribution in [-0.4, -0.2) is 47.2 Å². The minimum absolute atomic E-state index is 0.101. The predicted molar refractivity (Wildman–Crippen MR) is 138 cm³/mol. The summed E-state index contributed by atoms with van der Waals surface area (Å²) in [5.74, 6) is -2.56. The molecule has 0 bridgehead atoms. The lowest BCUT2D eigenvalue weighted by Crippen LogP contribution is -2.53. The zero-order chi connectivity index (χ0) is 27.2. The third-order valence-corrected chi connectivity index (χ3v) is 8.24. The number of aliphatic imine (C=N–C) groups is 1. The van der Waals surface area contributed by atoms with Crippen molar-refractivity contribution >= 4 is 11.9 Å². The molecule has 4 atom stereocenters. The van der Waals surface area contributed by atoms with Crippen LogP contribution in [0.2, 0.25) is 0 Å². The molecule has 5 rings (SSSR count). The molecule has 2 aromatic carbocycles. The Morgan fingerprint density at radius 3 is 2.66 bits per heavy atom. The van der Waals surface area contributed by atoms with Crippen molar-refractivity contribution < 1.29 is 28.2 Å². The van der Waals surface area contributed by atoms with Crippen molar-refractivity contribution in [3.63, 3.8) is 0 Å². The Morgan fingerprint density at radius 1 is 1.24 bits per heavy atom. The number of nitrogens with zero attached hydrogens (tertiary/aromatic N) is 2. The molecular formula is C28H34F2N4O4. The fourth-order valence-electron chi connectivity index (χ4n) is 5.98. The summed E-state index contributed by atoms with van der Waals surface area (Å²) >= 11 is 0. The lowest BCUT2D eigenvalue weighted by molar-refractivity contribution is -0.134. The Hall–Kier alpha value is -3.08. The molecule has 1 amide bonds. The Morgan fingerprint density at radius 2 is 1.97 bits per heavy atom. The average molecular weight is 529 g/mol. The zero-order valence-corrected chi connectivity index (χ0v) is 21.8. The average Bonchev–Trinajstić information content (AvgIpc) is 3.13. The first-order valence-corrected chi connectivity index (χ1v) is 13.0. The first-order valence-electron chi connectivity index (χ1n) is 13.0. The summed E-state index contributed by atoms with van der Waals surface area (Å²) < 4.78 is 41.1. The molecule has 1 unspecified atom stereocenters. The summed E-state index contributed by atoms with van der Waals surface area (Å²) in [5, 5.41) is 14.1. The van der Waals surface area contributed by atoms with Gasteiger partial charge in [-0.15, -0.1) is 0 Å². The number of benzene rings is 2. The standard InChI is InChI=1S/C28H34F2N4O4/c1-4-27(5-2)15-22(35)34(26(31)33-27)20-12-13-38-21-11-10-16(14-18(20)21)25(36)32-23-17-8-6-7-9-19(17)28(29,30)24(23)37-3/h6-11,14,20,23-25,32,36H,4-5,12-13,15H2,1-3H3,(H2,31,33)/t20-,23-,24+,25?/m1/s1. The van der Waals surface area contributed by atoms with Gasteiger partial charge >= 0.3 is 5.92 Å². The fraction of sp³-hybridized carbons (Fsp3) is 0.500. The first-order chi connectivity index (χ1) is 18.2. The van der Waals surface area contributed by atoms with E-state index in [9.17, 15) is 9.90 Å². The zero-order valence-electron chi connectivity index (χ0n) is 21.8. The van der Waals surface area contributed by atoms with Crippen LogP contribution in [0.5, 0.6) is 5.75 Å². The molecule has 0 saturated carbocycles. The highest BCUT2D eigenvalue weighted by Gasteiger charge is 2.55. The van der Waals surface area contributed by atoms with E-state index in [0.29, 0.717) is 48.3 Å². The summed E-state index contributed by atoms with van der Waals surface area (Å²) in [4.78, 5) is 19.6. The van der Waals surface area contributed by atoms with Crippen LogP contribution in [0.1, 0.15) is 80.1 Å². The minimum atomic E-state index is -3.21. The van der Waals surface area contributed by atoms with E-state index in [1.54, 1.807) is 36.4 Å². The Labute approximate surface area is 220 Å². The van der Waals surface area contributed by atoms with E-state index in [0.717, 1.165) is 0 Å². The highest BCUT2D eigenvalue weighted by atomic mass is 19.3. The number of hydrogen-bond acceptors (Lipinski definition) is 7. The largest absolute Gasteiger partial charge is 0.493 e. The van der Waals surface area contributed by atoms with Crippen LogP contribution in [0, 0.1) is 0 Å². The summed E-state index contributed by atoms with van der Waals surface area (Å²) in [6.45, 7) is 4.39. The maximum atomic E-state index is 15.0. The molecule has 1 aliphatic carbocycles. The van der Waals surface area contributed by atoms with Gasteiger partial charge in [0.1, 0.15) is 18.1 Å². The van der Waals surface area contributed by atoms with Crippen LogP contribution in [0.3, 0.4) is 0 Å². The molecule has 8 nitrogen and oxygen atoms in total. The number of aliphatic hydroxyl groups is 1. The molecule has 2 aromatic rings. The maximum Gasteiger partial charge on any atom is 0.300 e. The summed E-state index contributed by atoms with van der Waals surface area (Å²) in [6.07, 6.45) is -0.582. The molecule has 38 heavy (non-hydrogen) atoms. The van der Waals surface area contributed by atoms with Gasteiger partial charge in [0, 0.05) is 24.7 Å². The van der Waals surface area contributed by atoms with E-state index in [1.807, 2.05) is 13.8 Å². The number of carbonyl (C=O) groups is 1. The summed E-state index contributed by atoms with van der Waals surface area (Å²) in [5.41, 5.74) is 7.24. The summed E-state index contributed by atoms with van der Waals surface area (Å²) in [7, 11) is 1.24. The molecular weight excluding hydrogens is 494 g/mol. The monoisotopic (exact) mass is 528 g/mol. The van der Waals surface area contributed by atoms with Crippen LogP contribution in [-0.2, 0) is 15.5 Å². The topological polar surface area (TPSA) is 109 Å².